The summed E-state index contributed by atoms with van der Waals surface area (Å²) in [7, 11) is 0. The number of piperidine rings is 3. The summed E-state index contributed by atoms with van der Waals surface area (Å²) in [5.74, 6) is 2.43. The van der Waals surface area contributed by atoms with Gasteiger partial charge >= 0.3 is 0 Å². The Morgan fingerprint density at radius 2 is 1.64 bits per heavy atom. The summed E-state index contributed by atoms with van der Waals surface area (Å²) in [6.45, 7) is 3.84. The van der Waals surface area contributed by atoms with Gasteiger partial charge in [-0.3, -0.25) is 0 Å². The molecule has 3 aliphatic rings. The lowest BCUT2D eigenvalue weighted by Crippen LogP contribution is -3.17. The number of rotatable bonds is 4. The minimum absolute atomic E-state index is 0.512. The molecule has 25 heavy (non-hydrogen) atoms. The van der Waals surface area contributed by atoms with E-state index in [0.717, 1.165) is 28.2 Å². The van der Waals surface area contributed by atoms with Crippen LogP contribution in [0, 0.1) is 5.92 Å². The summed E-state index contributed by atoms with van der Waals surface area (Å²) in [4.78, 5) is 1.71. The van der Waals surface area contributed by atoms with Crippen LogP contribution in [0.5, 0.6) is 11.5 Å². The van der Waals surface area contributed by atoms with Crippen LogP contribution in [-0.4, -0.2) is 30.8 Å². The summed E-state index contributed by atoms with van der Waals surface area (Å²) in [6, 6.07) is 18.2. The van der Waals surface area contributed by atoms with E-state index in [2.05, 4.69) is 10.6 Å². The fourth-order valence-corrected chi connectivity index (χ4v) is 4.14. The van der Waals surface area contributed by atoms with E-state index in [-0.39, 0.29) is 0 Å². The first-order valence-corrected chi connectivity index (χ1v) is 9.41. The Morgan fingerprint density at radius 1 is 0.960 bits per heavy atom. The molecule has 5 rings (SSSR count). The van der Waals surface area contributed by atoms with Gasteiger partial charge in [-0.2, -0.15) is 0 Å². The van der Waals surface area contributed by atoms with Crippen molar-refractivity contribution < 1.29 is 9.64 Å². The number of benzene rings is 2. The second-order valence-electron chi connectivity index (χ2n) is 6.94. The van der Waals surface area contributed by atoms with Crippen molar-refractivity contribution in [3.63, 3.8) is 0 Å². The highest BCUT2D eigenvalue weighted by atomic mass is 32.1. The molecule has 2 aromatic carbocycles. The Bertz CT molecular complexity index is 711. The number of hydrogen-bond donors (Lipinski definition) is 3. The van der Waals surface area contributed by atoms with E-state index in [0.29, 0.717) is 6.04 Å². The molecule has 0 saturated carbocycles. The predicted molar refractivity (Wildman–Crippen MR) is 104 cm³/mol. The van der Waals surface area contributed by atoms with Crippen LogP contribution in [-0.2, 0) is 0 Å². The largest absolute Gasteiger partial charge is 0.457 e. The number of quaternary nitrogens is 1. The van der Waals surface area contributed by atoms with Crippen LogP contribution in [0.3, 0.4) is 0 Å². The molecule has 130 valence electrons. The zero-order valence-corrected chi connectivity index (χ0v) is 15.0. The number of ether oxygens (including phenoxy) is 1. The van der Waals surface area contributed by atoms with E-state index in [1.165, 1.54) is 32.5 Å². The first kappa shape index (κ1) is 16.4. The van der Waals surface area contributed by atoms with Crippen LogP contribution < -0.4 is 20.3 Å². The third-order valence-corrected chi connectivity index (χ3v) is 5.44. The average molecular weight is 354 g/mol. The molecular weight excluding hydrogens is 330 g/mol. The molecule has 3 N–H and O–H groups in total. The van der Waals surface area contributed by atoms with Gasteiger partial charge in [0.15, 0.2) is 5.11 Å². The zero-order valence-electron chi connectivity index (χ0n) is 14.2. The molecule has 0 aliphatic carbocycles. The molecule has 1 atom stereocenters. The quantitative estimate of drug-likeness (QED) is 0.738. The number of hydrogen-bond acceptors (Lipinski definition) is 2. The molecule has 3 heterocycles. The molecule has 3 fully saturated rings. The summed E-state index contributed by atoms with van der Waals surface area (Å²) < 4.78 is 5.81. The molecule has 0 amide bonds. The van der Waals surface area contributed by atoms with Crippen molar-refractivity contribution in [2.75, 3.05) is 25.0 Å². The highest BCUT2D eigenvalue weighted by Gasteiger charge is 2.37. The monoisotopic (exact) mass is 354 g/mol. The Morgan fingerprint density at radius 3 is 2.28 bits per heavy atom. The van der Waals surface area contributed by atoms with Gasteiger partial charge in [-0.05, 0) is 54.5 Å². The van der Waals surface area contributed by atoms with Gasteiger partial charge in [0.25, 0.3) is 0 Å². The lowest BCUT2D eigenvalue weighted by atomic mass is 9.84. The van der Waals surface area contributed by atoms with E-state index in [9.17, 15) is 0 Å². The second kappa shape index (κ2) is 7.42. The van der Waals surface area contributed by atoms with Gasteiger partial charge in [0.1, 0.15) is 11.5 Å². The SMILES string of the molecule is S=C(Nc1ccc(Oc2ccccc2)cc1)N[C@@H]1C[NH+]2CCC1CC2. The molecular formula is C20H24N3OS+. The van der Waals surface area contributed by atoms with Gasteiger partial charge in [-0.25, -0.2) is 0 Å². The molecule has 2 aromatic rings. The van der Waals surface area contributed by atoms with Crippen LogP contribution in [0.15, 0.2) is 54.6 Å². The maximum absolute atomic E-state index is 5.81. The lowest BCUT2D eigenvalue weighted by molar-refractivity contribution is -0.917. The number of para-hydroxylation sites is 1. The molecule has 3 saturated heterocycles. The highest BCUT2D eigenvalue weighted by Crippen LogP contribution is 2.23. The maximum atomic E-state index is 5.81. The Labute approximate surface area is 154 Å². The number of anilines is 1. The van der Waals surface area contributed by atoms with Crippen molar-refractivity contribution in [3.8, 4) is 11.5 Å². The van der Waals surface area contributed by atoms with Gasteiger partial charge < -0.3 is 20.3 Å². The van der Waals surface area contributed by atoms with Crippen LogP contribution in [0.1, 0.15) is 12.8 Å². The first-order valence-electron chi connectivity index (χ1n) is 9.00. The van der Waals surface area contributed by atoms with Crippen molar-refractivity contribution in [2.45, 2.75) is 18.9 Å². The van der Waals surface area contributed by atoms with Crippen LogP contribution >= 0.6 is 12.2 Å². The third kappa shape index (κ3) is 4.11. The number of nitrogens with one attached hydrogen (secondary N) is 3. The molecule has 0 aromatic heterocycles. The van der Waals surface area contributed by atoms with Gasteiger partial charge in [-0.1, -0.05) is 18.2 Å². The van der Waals surface area contributed by atoms with Gasteiger partial charge in [0, 0.05) is 18.5 Å². The van der Waals surface area contributed by atoms with Crippen molar-refractivity contribution >= 4 is 23.0 Å². The normalized spacial score (nSPS) is 24.6. The Balaban J connectivity index is 1.31. The van der Waals surface area contributed by atoms with E-state index < -0.39 is 0 Å². The Hall–Kier alpha value is -2.11. The molecule has 0 spiro atoms. The van der Waals surface area contributed by atoms with Crippen LogP contribution in [0.4, 0.5) is 5.69 Å². The van der Waals surface area contributed by atoms with Gasteiger partial charge in [0.05, 0.1) is 25.7 Å². The third-order valence-electron chi connectivity index (χ3n) is 5.22. The minimum atomic E-state index is 0.512. The second-order valence-corrected chi connectivity index (χ2v) is 7.34. The van der Waals surface area contributed by atoms with Crippen LogP contribution in [0.25, 0.3) is 0 Å². The van der Waals surface area contributed by atoms with E-state index in [4.69, 9.17) is 17.0 Å². The van der Waals surface area contributed by atoms with Crippen LogP contribution in [0.2, 0.25) is 0 Å². The first-order chi connectivity index (χ1) is 12.3. The van der Waals surface area contributed by atoms with E-state index in [1.807, 2.05) is 54.6 Å². The smallest absolute Gasteiger partial charge is 0.171 e. The van der Waals surface area contributed by atoms with E-state index in [1.54, 1.807) is 4.90 Å². The Kier molecular flexibility index (Phi) is 4.85. The van der Waals surface area contributed by atoms with Crippen molar-refractivity contribution in [1.29, 1.82) is 0 Å². The maximum Gasteiger partial charge on any atom is 0.171 e. The van der Waals surface area contributed by atoms with E-state index >= 15 is 0 Å². The predicted octanol–water partition coefficient (Wildman–Crippen LogP) is 2.44. The standard InChI is InChI=1S/C20H23N3OS/c25-20(22-19-14-23-12-10-15(19)11-13-23)21-16-6-8-18(9-7-16)24-17-4-2-1-3-5-17/h1-9,15,19H,10-14H2,(H2,21,22,25)/p+1/t19-/m1/s1. The molecule has 5 heteroatoms. The molecule has 3 aliphatic heterocycles. The topological polar surface area (TPSA) is 37.7 Å². The number of fused-ring (bicyclic) bond motifs is 3. The average Bonchev–Trinajstić information content (AvgIpc) is 2.65. The van der Waals surface area contributed by atoms with Gasteiger partial charge in [-0.15, -0.1) is 0 Å². The fourth-order valence-electron chi connectivity index (χ4n) is 3.87. The summed E-state index contributed by atoms with van der Waals surface area (Å²) in [5.41, 5.74) is 0.978. The van der Waals surface area contributed by atoms with Gasteiger partial charge in [0.2, 0.25) is 0 Å². The molecule has 2 bridgehead atoms. The molecule has 4 nitrogen and oxygen atoms in total. The highest BCUT2D eigenvalue weighted by molar-refractivity contribution is 7.80. The fraction of sp³-hybridized carbons (Fsp3) is 0.350. The molecule has 0 radical (unpaired) electrons. The number of thiocarbonyl (C=S) groups is 1. The summed E-state index contributed by atoms with van der Waals surface area (Å²) in [5, 5.41) is 7.53. The van der Waals surface area contributed by atoms with Crippen molar-refractivity contribution in [2.24, 2.45) is 5.92 Å². The summed E-state index contributed by atoms with van der Waals surface area (Å²) >= 11 is 5.51. The van der Waals surface area contributed by atoms with Crippen molar-refractivity contribution in [3.05, 3.63) is 54.6 Å². The van der Waals surface area contributed by atoms with Crippen molar-refractivity contribution in [1.82, 2.24) is 5.32 Å². The minimum Gasteiger partial charge on any atom is -0.457 e. The molecule has 0 unspecified atom stereocenters. The summed E-state index contributed by atoms with van der Waals surface area (Å²) in [6.07, 6.45) is 2.64. The zero-order chi connectivity index (χ0) is 17.1. The lowest BCUT2D eigenvalue weighted by Gasteiger charge is -2.42.